The number of hydrogen-bond acceptors (Lipinski definition) is 2. The first-order valence-electron chi connectivity index (χ1n) is 5.43. The third-order valence-electron chi connectivity index (χ3n) is 2.41. The summed E-state index contributed by atoms with van der Waals surface area (Å²) in [6.07, 6.45) is 10.5. The van der Waals surface area contributed by atoms with Crippen molar-refractivity contribution >= 4 is 18.2 Å². The molecule has 1 aliphatic heterocycles. The molecule has 0 bridgehead atoms. The van der Waals surface area contributed by atoms with Crippen LogP contribution in [0.4, 0.5) is 0 Å². The highest BCUT2D eigenvalue weighted by molar-refractivity contribution is 8.02. The number of amides is 1. The largest absolute Gasteiger partial charge is 0.321 e. The number of carbonyl (C=O) groups excluding carboxylic acids is 1. The lowest BCUT2D eigenvalue weighted by Crippen LogP contribution is -2.15. The number of hydrogen-bond donors (Lipinski definition) is 0. The minimum atomic E-state index is 0.876. The van der Waals surface area contributed by atoms with Crippen molar-refractivity contribution in [3.05, 3.63) is 11.6 Å². The van der Waals surface area contributed by atoms with Crippen LogP contribution in [0.5, 0.6) is 0 Å². The molecule has 0 unspecified atom stereocenters. The SMILES string of the molecule is O=CN1/C=C\SCCCCCCCC1. The highest BCUT2D eigenvalue weighted by atomic mass is 32.2. The molecule has 0 aromatic rings. The zero-order valence-corrected chi connectivity index (χ0v) is 9.47. The van der Waals surface area contributed by atoms with Gasteiger partial charge in [0, 0.05) is 12.7 Å². The van der Waals surface area contributed by atoms with Gasteiger partial charge in [0.15, 0.2) is 0 Å². The van der Waals surface area contributed by atoms with E-state index in [4.69, 9.17) is 0 Å². The van der Waals surface area contributed by atoms with Gasteiger partial charge in [-0.25, -0.2) is 0 Å². The highest BCUT2D eigenvalue weighted by Crippen LogP contribution is 2.12. The van der Waals surface area contributed by atoms with Gasteiger partial charge in [-0.1, -0.05) is 25.7 Å². The predicted molar refractivity (Wildman–Crippen MR) is 62.1 cm³/mol. The quantitative estimate of drug-likeness (QED) is 0.624. The summed E-state index contributed by atoms with van der Waals surface area (Å²) in [5.41, 5.74) is 0. The standard InChI is InChI=1S/C11H19NOS/c13-11-12-7-5-3-1-2-4-6-9-14-10-8-12/h8,10-11H,1-7,9H2/b10-8-. The molecule has 0 saturated carbocycles. The summed E-state index contributed by atoms with van der Waals surface area (Å²) in [5.74, 6) is 1.18. The molecule has 80 valence electrons. The van der Waals surface area contributed by atoms with Crippen LogP contribution < -0.4 is 0 Å². The van der Waals surface area contributed by atoms with E-state index < -0.39 is 0 Å². The Kier molecular flexibility index (Phi) is 6.58. The van der Waals surface area contributed by atoms with Crippen molar-refractivity contribution in [3.8, 4) is 0 Å². The number of nitrogens with zero attached hydrogens (tertiary/aromatic N) is 1. The Morgan fingerprint density at radius 1 is 1.07 bits per heavy atom. The molecule has 0 fully saturated rings. The second-order valence-corrected chi connectivity index (χ2v) is 4.63. The van der Waals surface area contributed by atoms with Crippen molar-refractivity contribution in [1.82, 2.24) is 4.90 Å². The molecule has 1 heterocycles. The van der Waals surface area contributed by atoms with Gasteiger partial charge in [0.25, 0.3) is 0 Å². The fourth-order valence-corrected chi connectivity index (χ4v) is 2.29. The molecular weight excluding hydrogens is 194 g/mol. The fraction of sp³-hybridized carbons (Fsp3) is 0.727. The van der Waals surface area contributed by atoms with E-state index in [1.165, 1.54) is 37.9 Å². The summed E-state index contributed by atoms with van der Waals surface area (Å²) in [6.45, 7) is 0.876. The Morgan fingerprint density at radius 3 is 2.57 bits per heavy atom. The van der Waals surface area contributed by atoms with Crippen LogP contribution in [0.3, 0.4) is 0 Å². The van der Waals surface area contributed by atoms with Crippen LogP contribution in [-0.4, -0.2) is 23.6 Å². The van der Waals surface area contributed by atoms with Crippen molar-refractivity contribution < 1.29 is 4.79 Å². The van der Waals surface area contributed by atoms with Gasteiger partial charge < -0.3 is 4.90 Å². The first kappa shape index (κ1) is 11.6. The monoisotopic (exact) mass is 213 g/mol. The molecule has 1 amide bonds. The molecule has 2 nitrogen and oxygen atoms in total. The zero-order valence-electron chi connectivity index (χ0n) is 8.65. The Morgan fingerprint density at radius 2 is 1.79 bits per heavy atom. The average molecular weight is 213 g/mol. The molecule has 0 aromatic heterocycles. The van der Waals surface area contributed by atoms with E-state index in [0.29, 0.717) is 0 Å². The Balaban J connectivity index is 2.32. The molecular formula is C11H19NOS. The van der Waals surface area contributed by atoms with Crippen molar-refractivity contribution in [2.75, 3.05) is 12.3 Å². The first-order valence-corrected chi connectivity index (χ1v) is 6.47. The third kappa shape index (κ3) is 5.32. The molecule has 3 heteroatoms. The van der Waals surface area contributed by atoms with Crippen molar-refractivity contribution in [2.24, 2.45) is 0 Å². The van der Waals surface area contributed by atoms with Crippen LogP contribution in [0.1, 0.15) is 38.5 Å². The topological polar surface area (TPSA) is 20.3 Å². The molecule has 0 N–H and O–H groups in total. The summed E-state index contributed by atoms with van der Waals surface area (Å²) < 4.78 is 0. The normalized spacial score (nSPS) is 23.3. The Bertz CT molecular complexity index is 182. The van der Waals surface area contributed by atoms with Crippen molar-refractivity contribution in [3.63, 3.8) is 0 Å². The van der Waals surface area contributed by atoms with Crippen LogP contribution in [0.25, 0.3) is 0 Å². The van der Waals surface area contributed by atoms with Gasteiger partial charge in [-0.3, -0.25) is 4.79 Å². The van der Waals surface area contributed by atoms with E-state index in [9.17, 15) is 4.79 Å². The number of carbonyl (C=O) groups is 1. The molecule has 1 aliphatic rings. The van der Waals surface area contributed by atoms with Gasteiger partial charge in [0.1, 0.15) is 0 Å². The van der Waals surface area contributed by atoms with E-state index in [1.807, 2.05) is 11.6 Å². The number of rotatable bonds is 1. The van der Waals surface area contributed by atoms with E-state index >= 15 is 0 Å². The van der Waals surface area contributed by atoms with Crippen molar-refractivity contribution in [2.45, 2.75) is 38.5 Å². The smallest absolute Gasteiger partial charge is 0.213 e. The lowest BCUT2D eigenvalue weighted by atomic mass is 10.1. The van der Waals surface area contributed by atoms with Crippen LogP contribution >= 0.6 is 11.8 Å². The summed E-state index contributed by atoms with van der Waals surface area (Å²) >= 11 is 1.81. The Hall–Kier alpha value is -0.440. The lowest BCUT2D eigenvalue weighted by Gasteiger charge is -2.12. The van der Waals surface area contributed by atoms with Crippen LogP contribution in [0, 0.1) is 0 Å². The molecule has 0 radical (unpaired) electrons. The fourth-order valence-electron chi connectivity index (χ4n) is 1.54. The first-order chi connectivity index (χ1) is 6.93. The summed E-state index contributed by atoms with van der Waals surface area (Å²) in [5, 5.41) is 2.04. The molecule has 14 heavy (non-hydrogen) atoms. The minimum absolute atomic E-state index is 0.876. The lowest BCUT2D eigenvalue weighted by molar-refractivity contribution is -0.115. The van der Waals surface area contributed by atoms with Gasteiger partial charge in [0.2, 0.25) is 6.41 Å². The summed E-state index contributed by atoms with van der Waals surface area (Å²) in [7, 11) is 0. The van der Waals surface area contributed by atoms with Gasteiger partial charge in [-0.15, -0.1) is 11.8 Å². The van der Waals surface area contributed by atoms with Gasteiger partial charge in [-0.05, 0) is 24.0 Å². The molecule has 0 atom stereocenters. The third-order valence-corrected chi connectivity index (χ3v) is 3.25. The zero-order chi connectivity index (χ0) is 10.1. The molecule has 0 aliphatic carbocycles. The maximum atomic E-state index is 10.6. The van der Waals surface area contributed by atoms with Crippen LogP contribution in [-0.2, 0) is 4.79 Å². The van der Waals surface area contributed by atoms with Crippen molar-refractivity contribution in [1.29, 1.82) is 0 Å². The average Bonchev–Trinajstić information content (AvgIpc) is 2.19. The second kappa shape index (κ2) is 7.92. The van der Waals surface area contributed by atoms with Crippen LogP contribution in [0.2, 0.25) is 0 Å². The highest BCUT2D eigenvalue weighted by Gasteiger charge is 1.98. The molecule has 0 spiro atoms. The van der Waals surface area contributed by atoms with Gasteiger partial charge in [-0.2, -0.15) is 0 Å². The summed E-state index contributed by atoms with van der Waals surface area (Å²) in [4.78, 5) is 12.4. The van der Waals surface area contributed by atoms with E-state index in [-0.39, 0.29) is 0 Å². The predicted octanol–water partition coefficient (Wildman–Crippen LogP) is 3.00. The van der Waals surface area contributed by atoms with Gasteiger partial charge >= 0.3 is 0 Å². The molecule has 0 saturated heterocycles. The summed E-state index contributed by atoms with van der Waals surface area (Å²) in [6, 6.07) is 0. The Labute approximate surface area is 90.7 Å². The van der Waals surface area contributed by atoms with E-state index in [2.05, 4.69) is 0 Å². The minimum Gasteiger partial charge on any atom is -0.321 e. The van der Waals surface area contributed by atoms with Gasteiger partial charge in [0.05, 0.1) is 0 Å². The van der Waals surface area contributed by atoms with E-state index in [0.717, 1.165) is 19.4 Å². The molecule has 1 rings (SSSR count). The van der Waals surface area contributed by atoms with Crippen LogP contribution in [0.15, 0.2) is 11.6 Å². The maximum absolute atomic E-state index is 10.6. The maximum Gasteiger partial charge on any atom is 0.213 e. The molecule has 0 aromatic carbocycles. The second-order valence-electron chi connectivity index (χ2n) is 3.62. The number of thioether (sulfide) groups is 1. The van der Waals surface area contributed by atoms with E-state index in [1.54, 1.807) is 16.7 Å².